The van der Waals surface area contributed by atoms with E-state index in [1.807, 2.05) is 19.9 Å². The Balaban J connectivity index is 2.34. The lowest BCUT2D eigenvalue weighted by atomic mass is 9.86. The van der Waals surface area contributed by atoms with Crippen LogP contribution in [0.25, 0.3) is 10.9 Å². The molecule has 3 N–H and O–H groups in total. The number of benzene rings is 1. The van der Waals surface area contributed by atoms with E-state index in [-0.39, 0.29) is 17.1 Å². The standard InChI is InChI=1S/C15H18N2O2/c1-8-6-11-9(2)15(3,7-16)19-14(11)10-4-5-12(18)17-13(8)10/h4-6,9H,7,16H2,1-3H3,(H,17,18)/t9-,15+/m1/s1. The number of nitrogens with one attached hydrogen (secondary N) is 1. The summed E-state index contributed by atoms with van der Waals surface area (Å²) in [6.45, 7) is 6.64. The lowest BCUT2D eigenvalue weighted by Gasteiger charge is -2.26. The minimum atomic E-state index is -0.376. The first-order valence-electron chi connectivity index (χ1n) is 6.52. The molecule has 1 aromatic carbocycles. The van der Waals surface area contributed by atoms with E-state index in [0.29, 0.717) is 6.54 Å². The van der Waals surface area contributed by atoms with Gasteiger partial charge in [-0.05, 0) is 31.5 Å². The van der Waals surface area contributed by atoms with Crippen molar-refractivity contribution in [2.75, 3.05) is 6.54 Å². The van der Waals surface area contributed by atoms with E-state index in [0.717, 1.165) is 22.2 Å². The highest BCUT2D eigenvalue weighted by molar-refractivity contribution is 5.90. The van der Waals surface area contributed by atoms with Crippen LogP contribution in [0.1, 0.15) is 30.9 Å². The molecule has 0 bridgehead atoms. The molecule has 0 amide bonds. The quantitative estimate of drug-likeness (QED) is 0.822. The van der Waals surface area contributed by atoms with E-state index in [9.17, 15) is 4.79 Å². The Labute approximate surface area is 111 Å². The molecule has 0 aliphatic carbocycles. The Morgan fingerprint density at radius 2 is 2.21 bits per heavy atom. The van der Waals surface area contributed by atoms with Crippen LogP contribution in [0.3, 0.4) is 0 Å². The summed E-state index contributed by atoms with van der Waals surface area (Å²) < 4.78 is 6.12. The van der Waals surface area contributed by atoms with E-state index in [4.69, 9.17) is 10.5 Å². The first kappa shape index (κ1) is 12.2. The smallest absolute Gasteiger partial charge is 0.248 e. The molecule has 0 unspecified atom stereocenters. The molecule has 19 heavy (non-hydrogen) atoms. The number of pyridine rings is 1. The molecule has 0 saturated heterocycles. The minimum Gasteiger partial charge on any atom is -0.485 e. The third-order valence-corrected chi connectivity index (χ3v) is 4.32. The van der Waals surface area contributed by atoms with E-state index in [1.54, 1.807) is 0 Å². The molecule has 4 nitrogen and oxygen atoms in total. The molecule has 1 aliphatic rings. The molecule has 0 fully saturated rings. The van der Waals surface area contributed by atoms with Gasteiger partial charge in [-0.25, -0.2) is 0 Å². The van der Waals surface area contributed by atoms with Crippen LogP contribution in [-0.4, -0.2) is 17.1 Å². The maximum absolute atomic E-state index is 11.5. The summed E-state index contributed by atoms with van der Waals surface area (Å²) in [5.74, 6) is 1.10. The highest BCUT2D eigenvalue weighted by atomic mass is 16.5. The van der Waals surface area contributed by atoms with Crippen molar-refractivity contribution in [1.29, 1.82) is 0 Å². The van der Waals surface area contributed by atoms with Crippen molar-refractivity contribution < 1.29 is 4.74 Å². The van der Waals surface area contributed by atoms with E-state index in [1.165, 1.54) is 11.6 Å². The normalized spacial score (nSPS) is 25.4. The second-order valence-electron chi connectivity index (χ2n) is 5.56. The Morgan fingerprint density at radius 3 is 2.89 bits per heavy atom. The van der Waals surface area contributed by atoms with Gasteiger partial charge in [0.05, 0.1) is 5.52 Å². The lowest BCUT2D eigenvalue weighted by Crippen LogP contribution is -2.41. The number of hydrogen-bond donors (Lipinski definition) is 2. The number of aryl methyl sites for hydroxylation is 1. The summed E-state index contributed by atoms with van der Waals surface area (Å²) in [7, 11) is 0. The van der Waals surface area contributed by atoms with Crippen LogP contribution in [0.2, 0.25) is 0 Å². The fraction of sp³-hybridized carbons (Fsp3) is 0.400. The fourth-order valence-corrected chi connectivity index (χ4v) is 2.81. The summed E-state index contributed by atoms with van der Waals surface area (Å²) in [5.41, 5.74) is 8.47. The SMILES string of the molecule is Cc1cc2c(c3ccc(=O)[nH]c13)O[C@@](C)(CN)[C@@H]2C. The molecular weight excluding hydrogens is 240 g/mol. The topological polar surface area (TPSA) is 68.1 Å². The zero-order valence-electron chi connectivity index (χ0n) is 11.4. The zero-order chi connectivity index (χ0) is 13.8. The summed E-state index contributed by atoms with van der Waals surface area (Å²) >= 11 is 0. The van der Waals surface area contributed by atoms with Gasteiger partial charge in [0, 0.05) is 29.5 Å². The number of H-pyrrole nitrogens is 1. The first-order chi connectivity index (χ1) is 8.96. The van der Waals surface area contributed by atoms with Crippen LogP contribution in [0, 0.1) is 6.92 Å². The van der Waals surface area contributed by atoms with Gasteiger partial charge in [-0.1, -0.05) is 6.92 Å². The van der Waals surface area contributed by atoms with Gasteiger partial charge < -0.3 is 15.5 Å². The highest BCUT2D eigenvalue weighted by Crippen LogP contribution is 2.47. The maximum Gasteiger partial charge on any atom is 0.248 e. The van der Waals surface area contributed by atoms with Gasteiger partial charge in [-0.3, -0.25) is 4.79 Å². The molecule has 0 saturated carbocycles. The first-order valence-corrected chi connectivity index (χ1v) is 6.52. The van der Waals surface area contributed by atoms with Crippen molar-refractivity contribution >= 4 is 10.9 Å². The van der Waals surface area contributed by atoms with Gasteiger partial charge in [0.25, 0.3) is 0 Å². The number of aromatic amines is 1. The van der Waals surface area contributed by atoms with Gasteiger partial charge >= 0.3 is 0 Å². The van der Waals surface area contributed by atoms with Crippen LogP contribution < -0.4 is 16.0 Å². The van der Waals surface area contributed by atoms with Crippen LogP contribution in [-0.2, 0) is 0 Å². The van der Waals surface area contributed by atoms with Crippen LogP contribution >= 0.6 is 0 Å². The summed E-state index contributed by atoms with van der Waals surface area (Å²) in [6, 6.07) is 5.46. The van der Waals surface area contributed by atoms with Crippen LogP contribution in [0.15, 0.2) is 23.0 Å². The number of ether oxygens (including phenoxy) is 1. The molecule has 0 radical (unpaired) electrons. The Kier molecular flexibility index (Phi) is 2.47. The molecule has 4 heteroatoms. The van der Waals surface area contributed by atoms with E-state index >= 15 is 0 Å². The average molecular weight is 258 g/mol. The number of fused-ring (bicyclic) bond motifs is 3. The van der Waals surface area contributed by atoms with E-state index in [2.05, 4.69) is 18.0 Å². The van der Waals surface area contributed by atoms with Gasteiger partial charge in [-0.15, -0.1) is 0 Å². The third kappa shape index (κ3) is 1.60. The van der Waals surface area contributed by atoms with Crippen molar-refractivity contribution in [1.82, 2.24) is 4.98 Å². The zero-order valence-corrected chi connectivity index (χ0v) is 11.4. The second kappa shape index (κ2) is 3.84. The molecule has 100 valence electrons. The van der Waals surface area contributed by atoms with E-state index < -0.39 is 0 Å². The Morgan fingerprint density at radius 1 is 1.47 bits per heavy atom. The molecule has 2 atom stereocenters. The Hall–Kier alpha value is -1.81. The highest BCUT2D eigenvalue weighted by Gasteiger charge is 2.42. The fourth-order valence-electron chi connectivity index (χ4n) is 2.81. The number of nitrogens with two attached hydrogens (primary N) is 1. The molecule has 0 spiro atoms. The van der Waals surface area contributed by atoms with Gasteiger partial charge in [-0.2, -0.15) is 0 Å². The number of hydrogen-bond acceptors (Lipinski definition) is 3. The average Bonchev–Trinajstić information content (AvgIpc) is 2.64. The summed E-state index contributed by atoms with van der Waals surface area (Å²) in [6.07, 6.45) is 0. The van der Waals surface area contributed by atoms with Gasteiger partial charge in [0.1, 0.15) is 11.4 Å². The van der Waals surface area contributed by atoms with Crippen molar-refractivity contribution in [2.24, 2.45) is 5.73 Å². The predicted octanol–water partition coefficient (Wildman–Crippen LogP) is 2.05. The molecular formula is C15H18N2O2. The van der Waals surface area contributed by atoms with Crippen LogP contribution in [0.5, 0.6) is 5.75 Å². The summed E-state index contributed by atoms with van der Waals surface area (Å²) in [4.78, 5) is 14.3. The van der Waals surface area contributed by atoms with Crippen molar-refractivity contribution in [3.8, 4) is 5.75 Å². The molecule has 3 rings (SSSR count). The number of rotatable bonds is 1. The number of aromatic nitrogens is 1. The van der Waals surface area contributed by atoms with Gasteiger partial charge in [0.15, 0.2) is 0 Å². The lowest BCUT2D eigenvalue weighted by molar-refractivity contribution is 0.105. The Bertz CT molecular complexity index is 720. The van der Waals surface area contributed by atoms with Crippen LogP contribution in [0.4, 0.5) is 0 Å². The third-order valence-electron chi connectivity index (χ3n) is 4.32. The maximum atomic E-state index is 11.5. The summed E-state index contributed by atoms with van der Waals surface area (Å²) in [5, 5.41) is 0.957. The van der Waals surface area contributed by atoms with Crippen molar-refractivity contribution in [3.63, 3.8) is 0 Å². The largest absolute Gasteiger partial charge is 0.485 e. The monoisotopic (exact) mass is 258 g/mol. The molecule has 2 heterocycles. The molecule has 1 aliphatic heterocycles. The van der Waals surface area contributed by atoms with Gasteiger partial charge in [0.2, 0.25) is 5.56 Å². The van der Waals surface area contributed by atoms with Crippen molar-refractivity contribution in [2.45, 2.75) is 32.3 Å². The predicted molar refractivity (Wildman–Crippen MR) is 75.8 cm³/mol. The second-order valence-corrected chi connectivity index (χ2v) is 5.56. The van der Waals surface area contributed by atoms with Crippen molar-refractivity contribution in [3.05, 3.63) is 39.7 Å². The molecule has 2 aromatic rings. The minimum absolute atomic E-state index is 0.0943. The molecule has 1 aromatic heterocycles.